The highest BCUT2D eigenvalue weighted by atomic mass is 15.2. The van der Waals surface area contributed by atoms with Crippen molar-refractivity contribution in [2.45, 2.75) is 75.9 Å². The van der Waals surface area contributed by atoms with Gasteiger partial charge in [-0.3, -0.25) is 9.97 Å². The van der Waals surface area contributed by atoms with Gasteiger partial charge < -0.3 is 21.4 Å². The summed E-state index contributed by atoms with van der Waals surface area (Å²) in [5.41, 5.74) is 17.2. The molecule has 36 heavy (non-hydrogen) atoms. The number of nitrogens with two attached hydrogens (primary N) is 2. The van der Waals surface area contributed by atoms with Crippen LogP contribution in [0.15, 0.2) is 42.7 Å². The number of fused-ring (bicyclic) bond motifs is 1. The Bertz CT molecular complexity index is 1330. The van der Waals surface area contributed by atoms with Crippen LogP contribution in [-0.4, -0.2) is 35.5 Å². The molecule has 2 unspecified atom stereocenters. The van der Waals surface area contributed by atoms with Crippen molar-refractivity contribution >= 4 is 22.9 Å². The third-order valence-corrected chi connectivity index (χ3v) is 7.64. The first kappa shape index (κ1) is 22.8. The number of aromatic nitrogens is 6. The quantitative estimate of drug-likeness (QED) is 0.363. The summed E-state index contributed by atoms with van der Waals surface area (Å²) in [5.74, 6) is 2.22. The van der Waals surface area contributed by atoms with Crippen LogP contribution in [0.25, 0.3) is 22.6 Å². The van der Waals surface area contributed by atoms with Crippen LogP contribution in [0, 0.1) is 0 Å². The molecule has 4 aromatic heterocycles. The van der Waals surface area contributed by atoms with E-state index in [0.717, 1.165) is 59.6 Å². The molecule has 186 valence electrons. The SMILES string of the molecule is Nc1nc(NCc2ccc(-c3ccccn3)nc2)c2nc(C3CCCCC3N)n(C3CCCC3)c2n1. The lowest BCUT2D eigenvalue weighted by atomic mass is 9.84. The molecular formula is C27H33N9. The van der Waals surface area contributed by atoms with Gasteiger partial charge in [0.2, 0.25) is 5.95 Å². The first-order valence-electron chi connectivity index (χ1n) is 13.1. The predicted octanol–water partition coefficient (Wildman–Crippen LogP) is 4.58. The highest BCUT2D eigenvalue weighted by molar-refractivity contribution is 5.85. The number of hydrogen-bond acceptors (Lipinski definition) is 8. The average Bonchev–Trinajstić information content (AvgIpc) is 3.56. The number of pyridine rings is 2. The van der Waals surface area contributed by atoms with E-state index in [-0.39, 0.29) is 17.9 Å². The average molecular weight is 484 g/mol. The van der Waals surface area contributed by atoms with Crippen LogP contribution >= 0.6 is 0 Å². The van der Waals surface area contributed by atoms with E-state index in [4.69, 9.17) is 16.5 Å². The monoisotopic (exact) mass is 483 g/mol. The minimum Gasteiger partial charge on any atom is -0.368 e. The fourth-order valence-corrected chi connectivity index (χ4v) is 5.78. The summed E-state index contributed by atoms with van der Waals surface area (Å²) >= 11 is 0. The minimum absolute atomic E-state index is 0.126. The van der Waals surface area contributed by atoms with Crippen molar-refractivity contribution in [3.63, 3.8) is 0 Å². The zero-order valence-corrected chi connectivity index (χ0v) is 20.5. The predicted molar refractivity (Wildman–Crippen MR) is 141 cm³/mol. The van der Waals surface area contributed by atoms with Gasteiger partial charge >= 0.3 is 0 Å². The van der Waals surface area contributed by atoms with E-state index < -0.39 is 0 Å². The second-order valence-corrected chi connectivity index (χ2v) is 10.1. The van der Waals surface area contributed by atoms with Crippen LogP contribution < -0.4 is 16.8 Å². The number of anilines is 2. The van der Waals surface area contributed by atoms with Crippen molar-refractivity contribution < 1.29 is 0 Å². The zero-order chi connectivity index (χ0) is 24.5. The number of imidazole rings is 1. The number of rotatable bonds is 6. The largest absolute Gasteiger partial charge is 0.368 e. The van der Waals surface area contributed by atoms with Crippen LogP contribution in [0.4, 0.5) is 11.8 Å². The maximum atomic E-state index is 6.62. The Hall–Kier alpha value is -3.59. The van der Waals surface area contributed by atoms with Crippen LogP contribution in [0.5, 0.6) is 0 Å². The molecule has 2 saturated carbocycles. The fraction of sp³-hybridized carbons (Fsp3) is 0.444. The van der Waals surface area contributed by atoms with Crippen molar-refractivity contribution in [1.29, 1.82) is 0 Å². The summed E-state index contributed by atoms with van der Waals surface area (Å²) in [6.45, 7) is 0.551. The fourth-order valence-electron chi connectivity index (χ4n) is 5.78. The van der Waals surface area contributed by atoms with Gasteiger partial charge in [0.15, 0.2) is 17.0 Å². The summed E-state index contributed by atoms with van der Waals surface area (Å²) < 4.78 is 2.35. The maximum Gasteiger partial charge on any atom is 0.224 e. The van der Waals surface area contributed by atoms with Crippen LogP contribution in [0.1, 0.15) is 74.7 Å². The van der Waals surface area contributed by atoms with Gasteiger partial charge in [0.25, 0.3) is 0 Å². The van der Waals surface area contributed by atoms with Gasteiger partial charge in [-0.05, 0) is 49.4 Å². The summed E-state index contributed by atoms with van der Waals surface area (Å²) in [7, 11) is 0. The van der Waals surface area contributed by atoms with E-state index in [9.17, 15) is 0 Å². The highest BCUT2D eigenvalue weighted by Crippen LogP contribution is 2.40. The van der Waals surface area contributed by atoms with Gasteiger partial charge in [-0.15, -0.1) is 0 Å². The number of nitrogen functional groups attached to an aromatic ring is 1. The summed E-state index contributed by atoms with van der Waals surface area (Å²) in [5, 5.41) is 3.46. The van der Waals surface area contributed by atoms with E-state index in [0.29, 0.717) is 18.4 Å². The van der Waals surface area contributed by atoms with E-state index in [1.165, 1.54) is 25.7 Å². The smallest absolute Gasteiger partial charge is 0.224 e. The van der Waals surface area contributed by atoms with E-state index in [2.05, 4.69) is 35.9 Å². The van der Waals surface area contributed by atoms with Gasteiger partial charge in [0, 0.05) is 36.9 Å². The first-order valence-corrected chi connectivity index (χ1v) is 13.1. The number of nitrogens with one attached hydrogen (secondary N) is 1. The normalized spacial score (nSPS) is 20.7. The van der Waals surface area contributed by atoms with Crippen molar-refractivity contribution in [3.05, 3.63) is 54.1 Å². The van der Waals surface area contributed by atoms with Crippen molar-refractivity contribution in [3.8, 4) is 11.4 Å². The Morgan fingerprint density at radius 1 is 0.889 bits per heavy atom. The number of hydrogen-bond donors (Lipinski definition) is 3. The van der Waals surface area contributed by atoms with E-state index >= 15 is 0 Å². The molecule has 9 nitrogen and oxygen atoms in total. The van der Waals surface area contributed by atoms with Gasteiger partial charge in [-0.2, -0.15) is 9.97 Å². The summed E-state index contributed by atoms with van der Waals surface area (Å²) in [4.78, 5) is 23.3. The second-order valence-electron chi connectivity index (χ2n) is 10.1. The molecule has 6 rings (SSSR count). The first-order chi connectivity index (χ1) is 17.7. The Morgan fingerprint density at radius 2 is 1.69 bits per heavy atom. The molecule has 0 spiro atoms. The summed E-state index contributed by atoms with van der Waals surface area (Å²) in [6, 6.07) is 10.4. The molecule has 5 N–H and O–H groups in total. The van der Waals surface area contributed by atoms with Crippen LogP contribution in [0.2, 0.25) is 0 Å². The standard InChI is InChI=1S/C27H33N9/c28-20-10-4-3-9-19(20)25-33-23-24(34-27(29)35-26(23)36(25)18-7-1-2-8-18)32-16-17-12-13-22(31-15-17)21-11-5-6-14-30-21/h5-6,11-15,18-20H,1-4,7-10,16,28H2,(H3,29,32,34,35). The van der Waals surface area contributed by atoms with E-state index in [1.807, 2.05) is 30.5 Å². The molecule has 2 fully saturated rings. The summed E-state index contributed by atoms with van der Waals surface area (Å²) in [6.07, 6.45) is 12.9. The van der Waals surface area contributed by atoms with E-state index in [1.54, 1.807) is 6.20 Å². The molecule has 0 radical (unpaired) electrons. The second kappa shape index (κ2) is 9.81. The Labute approximate surface area is 210 Å². The molecule has 9 heteroatoms. The lowest BCUT2D eigenvalue weighted by Gasteiger charge is -2.29. The molecule has 2 aliphatic rings. The molecular weight excluding hydrogens is 450 g/mol. The molecule has 0 aromatic carbocycles. The van der Waals surface area contributed by atoms with Crippen LogP contribution in [0.3, 0.4) is 0 Å². The van der Waals surface area contributed by atoms with Crippen LogP contribution in [-0.2, 0) is 6.54 Å². The third kappa shape index (κ3) is 4.39. The third-order valence-electron chi connectivity index (χ3n) is 7.64. The lowest BCUT2D eigenvalue weighted by Crippen LogP contribution is -2.33. The molecule has 4 heterocycles. The maximum absolute atomic E-state index is 6.62. The Morgan fingerprint density at radius 3 is 2.44 bits per heavy atom. The van der Waals surface area contributed by atoms with Gasteiger partial charge in [0.05, 0.1) is 11.4 Å². The molecule has 2 atom stereocenters. The lowest BCUT2D eigenvalue weighted by molar-refractivity contribution is 0.354. The Balaban J connectivity index is 1.32. The minimum atomic E-state index is 0.126. The molecule has 0 bridgehead atoms. The highest BCUT2D eigenvalue weighted by Gasteiger charge is 2.33. The molecule has 0 amide bonds. The topological polar surface area (TPSA) is 133 Å². The van der Waals surface area contributed by atoms with Gasteiger partial charge in [0.1, 0.15) is 5.82 Å². The van der Waals surface area contributed by atoms with Crippen molar-refractivity contribution in [1.82, 2.24) is 29.5 Å². The van der Waals surface area contributed by atoms with Crippen molar-refractivity contribution in [2.24, 2.45) is 5.73 Å². The van der Waals surface area contributed by atoms with Crippen molar-refractivity contribution in [2.75, 3.05) is 11.1 Å². The molecule has 0 aliphatic heterocycles. The molecule has 4 aromatic rings. The van der Waals surface area contributed by atoms with Gasteiger partial charge in [-0.1, -0.05) is 37.8 Å². The Kier molecular flexibility index (Phi) is 6.23. The number of nitrogens with zero attached hydrogens (tertiary/aromatic N) is 6. The van der Waals surface area contributed by atoms with Gasteiger partial charge in [-0.25, -0.2) is 4.98 Å². The molecule has 0 saturated heterocycles. The zero-order valence-electron chi connectivity index (χ0n) is 20.5. The molecule has 2 aliphatic carbocycles.